The van der Waals surface area contributed by atoms with Gasteiger partial charge in [-0.1, -0.05) is 149 Å². The summed E-state index contributed by atoms with van der Waals surface area (Å²) in [6.45, 7) is 9.15. The van der Waals surface area contributed by atoms with E-state index in [9.17, 15) is 0 Å². The summed E-state index contributed by atoms with van der Waals surface area (Å²) in [5.74, 6) is 0.982. The molecule has 0 heterocycles. The minimum Gasteiger partial charge on any atom is -0.310 e. The summed E-state index contributed by atoms with van der Waals surface area (Å²) in [4.78, 5) is 4.83. The van der Waals surface area contributed by atoms with Crippen molar-refractivity contribution in [2.75, 3.05) is 9.80 Å². The van der Waals surface area contributed by atoms with Crippen molar-refractivity contribution >= 4 is 55.7 Å². The largest absolute Gasteiger partial charge is 0.310 e. The first-order valence-electron chi connectivity index (χ1n) is 19.5. The highest BCUT2D eigenvalue weighted by Crippen LogP contribution is 2.42. The fourth-order valence-electron chi connectivity index (χ4n) is 7.68. The normalized spacial score (nSPS) is 12.4. The third-order valence-corrected chi connectivity index (χ3v) is 11.2. The van der Waals surface area contributed by atoms with Crippen molar-refractivity contribution < 1.29 is 0 Å². The number of rotatable bonds is 11. The van der Waals surface area contributed by atoms with Gasteiger partial charge in [0.25, 0.3) is 0 Å². The number of hydrogen-bond acceptors (Lipinski definition) is 2. The standard InChI is InChI=1S/C52H48N2/c1-5-37(3)43-19-11-21-47(35-43)53(51-25-13-17-41-15-7-9-23-49(41)51)45-31-27-39(28-32-45)40-29-33-46(34-30-40)54(48-22-12-20-44(36-48)38(4)6-2)52-26-14-18-42-16-8-10-24-50(42)52/h7-38H,5-6H2,1-4H3. The predicted molar refractivity (Wildman–Crippen MR) is 234 cm³/mol. The van der Waals surface area contributed by atoms with Gasteiger partial charge in [0, 0.05) is 33.5 Å². The Hall–Kier alpha value is -6.12. The molecule has 0 radical (unpaired) electrons. The summed E-state index contributed by atoms with van der Waals surface area (Å²) in [6.07, 6.45) is 2.21. The van der Waals surface area contributed by atoms with E-state index in [-0.39, 0.29) is 0 Å². The maximum absolute atomic E-state index is 2.41. The molecule has 0 N–H and O–H groups in total. The second-order valence-corrected chi connectivity index (χ2v) is 14.6. The molecule has 2 atom stereocenters. The first kappa shape index (κ1) is 34.9. The molecular weight excluding hydrogens is 653 g/mol. The lowest BCUT2D eigenvalue weighted by atomic mass is 9.97. The van der Waals surface area contributed by atoms with Gasteiger partial charge in [-0.25, -0.2) is 0 Å². The molecule has 0 aromatic heterocycles. The summed E-state index contributed by atoms with van der Waals surface area (Å²) in [5, 5.41) is 4.94. The fourth-order valence-corrected chi connectivity index (χ4v) is 7.68. The van der Waals surface area contributed by atoms with Crippen LogP contribution in [-0.2, 0) is 0 Å². The van der Waals surface area contributed by atoms with Crippen LogP contribution in [0.5, 0.6) is 0 Å². The first-order chi connectivity index (χ1) is 26.5. The van der Waals surface area contributed by atoms with Gasteiger partial charge in [0.15, 0.2) is 0 Å². The van der Waals surface area contributed by atoms with Crippen molar-refractivity contribution in [3.63, 3.8) is 0 Å². The van der Waals surface area contributed by atoms with Crippen LogP contribution < -0.4 is 9.80 Å². The highest BCUT2D eigenvalue weighted by Gasteiger charge is 2.19. The molecule has 0 fully saturated rings. The Morgan fingerprint density at radius 1 is 0.370 bits per heavy atom. The summed E-state index contributed by atoms with van der Waals surface area (Å²) in [7, 11) is 0. The summed E-state index contributed by atoms with van der Waals surface area (Å²) < 4.78 is 0. The topological polar surface area (TPSA) is 6.48 Å². The maximum atomic E-state index is 2.41. The van der Waals surface area contributed by atoms with E-state index in [0.717, 1.165) is 24.2 Å². The van der Waals surface area contributed by atoms with Crippen molar-refractivity contribution in [1.29, 1.82) is 0 Å². The Labute approximate surface area is 321 Å². The van der Waals surface area contributed by atoms with Gasteiger partial charge in [0.2, 0.25) is 0 Å². The third-order valence-electron chi connectivity index (χ3n) is 11.2. The van der Waals surface area contributed by atoms with E-state index in [1.807, 2.05) is 0 Å². The monoisotopic (exact) mass is 700 g/mol. The van der Waals surface area contributed by atoms with Crippen LogP contribution in [0.1, 0.15) is 63.5 Å². The quantitative estimate of drug-likeness (QED) is 0.133. The molecule has 0 aliphatic heterocycles. The van der Waals surface area contributed by atoms with E-state index < -0.39 is 0 Å². The van der Waals surface area contributed by atoms with Gasteiger partial charge < -0.3 is 9.80 Å². The summed E-state index contributed by atoms with van der Waals surface area (Å²) in [5.41, 5.74) is 12.1. The minimum atomic E-state index is 0.491. The molecule has 8 aromatic rings. The number of nitrogens with zero attached hydrogens (tertiary/aromatic N) is 2. The Balaban J connectivity index is 1.18. The molecule has 2 nitrogen and oxygen atoms in total. The van der Waals surface area contributed by atoms with E-state index in [0.29, 0.717) is 11.8 Å². The molecule has 0 aliphatic rings. The first-order valence-corrected chi connectivity index (χ1v) is 19.5. The average molecular weight is 701 g/mol. The summed E-state index contributed by atoms with van der Waals surface area (Å²) >= 11 is 0. The lowest BCUT2D eigenvalue weighted by Crippen LogP contribution is -2.11. The van der Waals surface area contributed by atoms with Crippen LogP contribution in [0.2, 0.25) is 0 Å². The zero-order chi connectivity index (χ0) is 37.0. The van der Waals surface area contributed by atoms with Gasteiger partial charge in [-0.3, -0.25) is 0 Å². The maximum Gasteiger partial charge on any atom is 0.0540 e. The van der Waals surface area contributed by atoms with Crippen LogP contribution in [0.3, 0.4) is 0 Å². The number of anilines is 6. The highest BCUT2D eigenvalue weighted by atomic mass is 15.1. The third kappa shape index (κ3) is 6.88. The molecule has 0 bridgehead atoms. The lowest BCUT2D eigenvalue weighted by molar-refractivity contribution is 0.733. The van der Waals surface area contributed by atoms with Crippen LogP contribution in [0, 0.1) is 0 Å². The van der Waals surface area contributed by atoms with Gasteiger partial charge in [-0.05, 0) is 118 Å². The molecule has 0 amide bonds. The lowest BCUT2D eigenvalue weighted by Gasteiger charge is -2.28. The number of hydrogen-bond donors (Lipinski definition) is 0. The second kappa shape index (κ2) is 15.5. The van der Waals surface area contributed by atoms with Gasteiger partial charge >= 0.3 is 0 Å². The molecular formula is C52H48N2. The van der Waals surface area contributed by atoms with Crippen molar-refractivity contribution in [3.8, 4) is 11.1 Å². The van der Waals surface area contributed by atoms with Crippen LogP contribution in [0.15, 0.2) is 182 Å². The second-order valence-electron chi connectivity index (χ2n) is 14.6. The molecule has 8 aromatic carbocycles. The average Bonchev–Trinajstić information content (AvgIpc) is 3.24. The predicted octanol–water partition coefficient (Wildman–Crippen LogP) is 15.6. The Bertz CT molecular complexity index is 2320. The molecule has 2 unspecified atom stereocenters. The molecule has 54 heavy (non-hydrogen) atoms. The Kier molecular flexibility index (Phi) is 10.0. The molecule has 2 heteroatoms. The van der Waals surface area contributed by atoms with Gasteiger partial charge in [0.05, 0.1) is 11.4 Å². The van der Waals surface area contributed by atoms with Crippen molar-refractivity contribution in [1.82, 2.24) is 0 Å². The van der Waals surface area contributed by atoms with Gasteiger partial charge in [-0.15, -0.1) is 0 Å². The molecule has 8 rings (SSSR count). The van der Waals surface area contributed by atoms with Crippen LogP contribution in [0.4, 0.5) is 34.1 Å². The van der Waals surface area contributed by atoms with Crippen molar-refractivity contribution in [3.05, 3.63) is 193 Å². The number of fused-ring (bicyclic) bond motifs is 2. The minimum absolute atomic E-state index is 0.491. The number of benzene rings is 8. The molecule has 0 aliphatic carbocycles. The van der Waals surface area contributed by atoms with Crippen LogP contribution >= 0.6 is 0 Å². The van der Waals surface area contributed by atoms with Crippen LogP contribution in [-0.4, -0.2) is 0 Å². The van der Waals surface area contributed by atoms with Crippen molar-refractivity contribution in [2.24, 2.45) is 0 Å². The highest BCUT2D eigenvalue weighted by molar-refractivity contribution is 6.00. The van der Waals surface area contributed by atoms with Gasteiger partial charge in [-0.2, -0.15) is 0 Å². The fraction of sp³-hybridized carbons (Fsp3) is 0.154. The zero-order valence-electron chi connectivity index (χ0n) is 31.8. The van der Waals surface area contributed by atoms with E-state index in [4.69, 9.17) is 0 Å². The molecule has 0 saturated heterocycles. The van der Waals surface area contributed by atoms with E-state index >= 15 is 0 Å². The Morgan fingerprint density at radius 3 is 1.15 bits per heavy atom. The zero-order valence-corrected chi connectivity index (χ0v) is 31.8. The van der Waals surface area contributed by atoms with E-state index in [1.54, 1.807) is 0 Å². The van der Waals surface area contributed by atoms with Crippen molar-refractivity contribution in [2.45, 2.75) is 52.4 Å². The Morgan fingerprint density at radius 2 is 0.741 bits per heavy atom. The summed E-state index contributed by atoms with van der Waals surface area (Å²) in [6, 6.07) is 66.8. The molecule has 266 valence electrons. The SMILES string of the molecule is CCC(C)c1cccc(N(c2ccc(-c3ccc(N(c4cccc(C(C)CC)c4)c4cccc5ccccc45)cc3)cc2)c2cccc3ccccc23)c1. The van der Waals surface area contributed by atoms with Crippen LogP contribution in [0.25, 0.3) is 32.7 Å². The van der Waals surface area contributed by atoms with E-state index in [1.165, 1.54) is 66.5 Å². The molecule has 0 saturated carbocycles. The van der Waals surface area contributed by atoms with E-state index in [2.05, 4.69) is 219 Å². The smallest absolute Gasteiger partial charge is 0.0540 e. The molecule has 0 spiro atoms. The van der Waals surface area contributed by atoms with Gasteiger partial charge in [0.1, 0.15) is 0 Å².